The van der Waals surface area contributed by atoms with Gasteiger partial charge < -0.3 is 15.4 Å². The molecule has 1 saturated carbocycles. The molecule has 0 bridgehead atoms. The van der Waals surface area contributed by atoms with Gasteiger partial charge in [0.2, 0.25) is 0 Å². The van der Waals surface area contributed by atoms with E-state index in [1.807, 2.05) is 18.2 Å². The van der Waals surface area contributed by atoms with Crippen molar-refractivity contribution in [1.29, 1.82) is 0 Å². The molecule has 1 amide bonds. The zero-order valence-electron chi connectivity index (χ0n) is 10.7. The van der Waals surface area contributed by atoms with Crippen LogP contribution in [-0.4, -0.2) is 37.7 Å². The Morgan fingerprint density at radius 1 is 1.32 bits per heavy atom. The monoisotopic (exact) mass is 282 g/mol. The number of nitrogens with one attached hydrogen (secondary N) is 2. The number of carbonyl (C=O) groups is 1. The van der Waals surface area contributed by atoms with E-state index in [0.717, 1.165) is 13.0 Å². The van der Waals surface area contributed by atoms with Gasteiger partial charge in [0.25, 0.3) is 5.91 Å². The second kappa shape index (κ2) is 6.37. The molecule has 0 spiro atoms. The highest BCUT2D eigenvalue weighted by molar-refractivity contribution is 5.85. The second-order valence-corrected chi connectivity index (χ2v) is 4.93. The lowest BCUT2D eigenvalue weighted by molar-refractivity contribution is -0.134. The maximum absolute atomic E-state index is 11.9. The molecule has 1 aromatic carbocycles. The molecule has 1 aliphatic heterocycles. The maximum Gasteiger partial charge on any atom is 0.250 e. The van der Waals surface area contributed by atoms with Crippen LogP contribution in [0.5, 0.6) is 0 Å². The van der Waals surface area contributed by atoms with Gasteiger partial charge >= 0.3 is 0 Å². The van der Waals surface area contributed by atoms with E-state index in [-0.39, 0.29) is 30.5 Å². The summed E-state index contributed by atoms with van der Waals surface area (Å²) in [5, 5.41) is 6.23. The van der Waals surface area contributed by atoms with E-state index in [1.54, 1.807) is 0 Å². The summed E-state index contributed by atoms with van der Waals surface area (Å²) in [4.78, 5) is 11.9. The average molecular weight is 283 g/mol. The highest BCUT2D eigenvalue weighted by Crippen LogP contribution is 2.40. The van der Waals surface area contributed by atoms with Gasteiger partial charge in [0.15, 0.2) is 0 Å². The van der Waals surface area contributed by atoms with E-state index in [4.69, 9.17) is 4.74 Å². The predicted molar refractivity (Wildman–Crippen MR) is 75.6 cm³/mol. The standard InChI is InChI=1S/C14H18N2O2.ClH/c17-14(13-9-15-6-7-18-13)16-12-8-11(12)10-4-2-1-3-5-10;/h1-5,11-13,15H,6-9H2,(H,16,17);1H. The first-order chi connectivity index (χ1) is 8.84. The number of hydrogen-bond acceptors (Lipinski definition) is 3. The first-order valence-corrected chi connectivity index (χ1v) is 6.52. The van der Waals surface area contributed by atoms with Crippen LogP contribution >= 0.6 is 12.4 Å². The molecule has 3 atom stereocenters. The molecular formula is C14H19ClN2O2. The Hall–Kier alpha value is -1.10. The van der Waals surface area contributed by atoms with Crippen LogP contribution in [0.3, 0.4) is 0 Å². The second-order valence-electron chi connectivity index (χ2n) is 4.93. The molecule has 0 radical (unpaired) electrons. The smallest absolute Gasteiger partial charge is 0.250 e. The van der Waals surface area contributed by atoms with Crippen molar-refractivity contribution >= 4 is 18.3 Å². The lowest BCUT2D eigenvalue weighted by atomic mass is 10.1. The molecule has 2 N–H and O–H groups in total. The number of morpholine rings is 1. The molecule has 1 saturated heterocycles. The fourth-order valence-electron chi connectivity index (χ4n) is 2.43. The third kappa shape index (κ3) is 3.47. The molecule has 3 unspecified atom stereocenters. The molecule has 0 aromatic heterocycles. The molecule has 19 heavy (non-hydrogen) atoms. The topological polar surface area (TPSA) is 50.4 Å². The van der Waals surface area contributed by atoms with E-state index < -0.39 is 0 Å². The quantitative estimate of drug-likeness (QED) is 0.872. The van der Waals surface area contributed by atoms with Crippen LogP contribution in [0.4, 0.5) is 0 Å². The maximum atomic E-state index is 11.9. The highest BCUT2D eigenvalue weighted by atomic mass is 35.5. The van der Waals surface area contributed by atoms with E-state index in [1.165, 1.54) is 5.56 Å². The van der Waals surface area contributed by atoms with Crippen LogP contribution in [0, 0.1) is 0 Å². The summed E-state index contributed by atoms with van der Waals surface area (Å²) in [6.45, 7) is 2.07. The van der Waals surface area contributed by atoms with Gasteiger partial charge in [-0.3, -0.25) is 4.79 Å². The molecule has 5 heteroatoms. The highest BCUT2D eigenvalue weighted by Gasteiger charge is 2.40. The molecule has 104 valence electrons. The summed E-state index contributed by atoms with van der Waals surface area (Å²) < 4.78 is 5.43. The number of benzene rings is 1. The van der Waals surface area contributed by atoms with Crippen molar-refractivity contribution in [3.63, 3.8) is 0 Å². The Morgan fingerprint density at radius 3 is 2.79 bits per heavy atom. The first kappa shape index (κ1) is 14.3. The van der Waals surface area contributed by atoms with Crippen molar-refractivity contribution in [1.82, 2.24) is 10.6 Å². The number of rotatable bonds is 3. The van der Waals surface area contributed by atoms with Gasteiger partial charge in [-0.05, 0) is 12.0 Å². The Labute approximate surface area is 119 Å². The molecule has 1 aliphatic carbocycles. The Bertz CT molecular complexity index is 421. The van der Waals surface area contributed by atoms with Gasteiger partial charge in [0.05, 0.1) is 6.61 Å². The fraction of sp³-hybridized carbons (Fsp3) is 0.500. The minimum atomic E-state index is -0.323. The minimum absolute atomic E-state index is 0. The molecule has 1 heterocycles. The van der Waals surface area contributed by atoms with Gasteiger partial charge in [-0.25, -0.2) is 0 Å². The van der Waals surface area contributed by atoms with Crippen molar-refractivity contribution in [2.24, 2.45) is 0 Å². The van der Waals surface area contributed by atoms with Crippen LogP contribution < -0.4 is 10.6 Å². The van der Waals surface area contributed by atoms with Crippen LogP contribution in [0.25, 0.3) is 0 Å². The van der Waals surface area contributed by atoms with Crippen molar-refractivity contribution in [3.8, 4) is 0 Å². The van der Waals surface area contributed by atoms with Crippen LogP contribution in [0.15, 0.2) is 30.3 Å². The lowest BCUT2D eigenvalue weighted by Crippen LogP contribution is -2.48. The Balaban J connectivity index is 0.00000133. The largest absolute Gasteiger partial charge is 0.366 e. The molecule has 2 fully saturated rings. The van der Waals surface area contributed by atoms with Crippen LogP contribution in [0.1, 0.15) is 17.9 Å². The Morgan fingerprint density at radius 2 is 2.11 bits per heavy atom. The van der Waals surface area contributed by atoms with Gasteiger partial charge in [-0.2, -0.15) is 0 Å². The van der Waals surface area contributed by atoms with Gasteiger partial charge in [0.1, 0.15) is 6.10 Å². The normalized spacial score (nSPS) is 29.2. The summed E-state index contributed by atoms with van der Waals surface area (Å²) in [6.07, 6.45) is 0.714. The third-order valence-corrected chi connectivity index (χ3v) is 3.57. The third-order valence-electron chi connectivity index (χ3n) is 3.57. The number of ether oxygens (including phenoxy) is 1. The minimum Gasteiger partial charge on any atom is -0.366 e. The molecule has 1 aromatic rings. The SMILES string of the molecule is Cl.O=C(NC1CC1c1ccccc1)C1CNCCO1. The lowest BCUT2D eigenvalue weighted by Gasteiger charge is -2.22. The van der Waals surface area contributed by atoms with Crippen molar-refractivity contribution in [2.75, 3.05) is 19.7 Å². The predicted octanol–water partition coefficient (Wildman–Crippen LogP) is 1.07. The van der Waals surface area contributed by atoms with E-state index >= 15 is 0 Å². The first-order valence-electron chi connectivity index (χ1n) is 6.52. The number of halogens is 1. The van der Waals surface area contributed by atoms with E-state index in [0.29, 0.717) is 19.1 Å². The number of hydrogen-bond donors (Lipinski definition) is 2. The summed E-state index contributed by atoms with van der Waals surface area (Å²) in [6, 6.07) is 10.6. The van der Waals surface area contributed by atoms with Crippen molar-refractivity contribution in [2.45, 2.75) is 24.5 Å². The average Bonchev–Trinajstić information content (AvgIpc) is 3.20. The van der Waals surface area contributed by atoms with E-state index in [2.05, 4.69) is 22.8 Å². The van der Waals surface area contributed by atoms with Gasteiger partial charge in [0, 0.05) is 25.0 Å². The molecule has 3 rings (SSSR count). The number of amides is 1. The Kier molecular flexibility index (Phi) is 4.80. The summed E-state index contributed by atoms with van der Waals surface area (Å²) in [7, 11) is 0. The van der Waals surface area contributed by atoms with Crippen molar-refractivity contribution in [3.05, 3.63) is 35.9 Å². The van der Waals surface area contributed by atoms with Gasteiger partial charge in [-0.1, -0.05) is 30.3 Å². The van der Waals surface area contributed by atoms with E-state index in [9.17, 15) is 4.79 Å². The summed E-state index contributed by atoms with van der Waals surface area (Å²) >= 11 is 0. The molecule has 4 nitrogen and oxygen atoms in total. The van der Waals surface area contributed by atoms with Crippen molar-refractivity contribution < 1.29 is 9.53 Å². The van der Waals surface area contributed by atoms with Crippen LogP contribution in [-0.2, 0) is 9.53 Å². The molecule has 2 aliphatic rings. The zero-order valence-corrected chi connectivity index (χ0v) is 11.5. The van der Waals surface area contributed by atoms with Gasteiger partial charge in [-0.15, -0.1) is 12.4 Å². The van der Waals surface area contributed by atoms with Crippen LogP contribution in [0.2, 0.25) is 0 Å². The fourth-order valence-corrected chi connectivity index (χ4v) is 2.43. The number of carbonyl (C=O) groups excluding carboxylic acids is 1. The zero-order chi connectivity index (χ0) is 12.4. The molecular weight excluding hydrogens is 264 g/mol. The summed E-state index contributed by atoms with van der Waals surface area (Å²) in [5.41, 5.74) is 1.31. The summed E-state index contributed by atoms with van der Waals surface area (Å²) in [5.74, 6) is 0.498.